The first kappa shape index (κ1) is 8.90. The normalized spacial score (nSPS) is 29.1. The Balaban J connectivity index is 1.98. The van der Waals surface area contributed by atoms with Crippen LogP contribution in [-0.4, -0.2) is 5.78 Å². The van der Waals surface area contributed by atoms with Gasteiger partial charge in [-0.15, -0.1) is 0 Å². The fourth-order valence-corrected chi connectivity index (χ4v) is 2.87. The molecule has 0 aliphatic heterocycles. The molecule has 1 heteroatoms. The van der Waals surface area contributed by atoms with Crippen molar-refractivity contribution in [3.05, 3.63) is 42.0 Å². The van der Waals surface area contributed by atoms with Crippen molar-refractivity contribution in [1.82, 2.24) is 0 Å². The Kier molecular flexibility index (Phi) is 1.98. The van der Waals surface area contributed by atoms with Gasteiger partial charge in [-0.3, -0.25) is 4.79 Å². The molecule has 1 aromatic carbocycles. The number of hydrogen-bond acceptors (Lipinski definition) is 1. The summed E-state index contributed by atoms with van der Waals surface area (Å²) >= 11 is 0. The molecule has 1 aromatic rings. The summed E-state index contributed by atoms with van der Waals surface area (Å²) < 4.78 is 0. The Morgan fingerprint density at radius 2 is 1.87 bits per heavy atom. The van der Waals surface area contributed by atoms with Crippen LogP contribution < -0.4 is 0 Å². The topological polar surface area (TPSA) is 17.1 Å². The second kappa shape index (κ2) is 3.34. The Morgan fingerprint density at radius 3 is 2.60 bits per heavy atom. The van der Waals surface area contributed by atoms with E-state index in [1.165, 1.54) is 12.8 Å². The number of carbonyl (C=O) groups is 1. The van der Waals surface area contributed by atoms with Gasteiger partial charge < -0.3 is 0 Å². The minimum atomic E-state index is 0.306. The minimum Gasteiger partial charge on any atom is -0.294 e. The molecule has 76 valence electrons. The first-order chi connectivity index (χ1) is 7.36. The second-order valence-corrected chi connectivity index (χ2v) is 4.51. The zero-order chi connectivity index (χ0) is 10.3. The van der Waals surface area contributed by atoms with Gasteiger partial charge >= 0.3 is 0 Å². The fraction of sp³-hybridized carbons (Fsp3) is 0.357. The lowest BCUT2D eigenvalue weighted by molar-refractivity contribution is -0.117. The largest absolute Gasteiger partial charge is 0.294 e. The average Bonchev–Trinajstić information content (AvgIpc) is 2.83. The van der Waals surface area contributed by atoms with Gasteiger partial charge in [0.25, 0.3) is 0 Å². The third kappa shape index (κ3) is 1.34. The van der Waals surface area contributed by atoms with Crippen LogP contribution in [0.4, 0.5) is 0 Å². The van der Waals surface area contributed by atoms with Crippen molar-refractivity contribution in [2.75, 3.05) is 0 Å². The van der Waals surface area contributed by atoms with Crippen LogP contribution in [0.3, 0.4) is 0 Å². The summed E-state index contributed by atoms with van der Waals surface area (Å²) in [7, 11) is 0. The molecular formula is C14H14O. The molecule has 0 bridgehead atoms. The van der Waals surface area contributed by atoms with Crippen molar-refractivity contribution in [1.29, 1.82) is 0 Å². The van der Waals surface area contributed by atoms with Crippen LogP contribution in [0, 0.1) is 11.8 Å². The molecule has 0 spiro atoms. The summed E-state index contributed by atoms with van der Waals surface area (Å²) in [5, 5.41) is 0. The molecule has 0 heterocycles. The van der Waals surface area contributed by atoms with E-state index < -0.39 is 0 Å². The molecule has 2 aliphatic rings. The molecule has 1 fully saturated rings. The van der Waals surface area contributed by atoms with Crippen LogP contribution in [0.25, 0.3) is 5.57 Å². The maximum atomic E-state index is 12.1. The second-order valence-electron chi connectivity index (χ2n) is 4.51. The predicted octanol–water partition coefficient (Wildman–Crippen LogP) is 3.07. The monoisotopic (exact) mass is 198 g/mol. The number of Topliss-reactive ketones (excluding diaryl/α,β-unsaturated/α-hetero) is 1. The SMILES string of the molecule is O=C1C(c2ccccc2)=C[C@@H]2CCC[C@H]12. The van der Waals surface area contributed by atoms with E-state index in [9.17, 15) is 4.79 Å². The molecule has 0 N–H and O–H groups in total. The van der Waals surface area contributed by atoms with Crippen LogP contribution in [0.15, 0.2) is 36.4 Å². The lowest BCUT2D eigenvalue weighted by atomic mass is 9.96. The fourth-order valence-electron chi connectivity index (χ4n) is 2.87. The zero-order valence-electron chi connectivity index (χ0n) is 8.65. The third-order valence-corrected chi connectivity index (χ3v) is 3.64. The Hall–Kier alpha value is -1.37. The lowest BCUT2D eigenvalue weighted by Gasteiger charge is -2.05. The zero-order valence-corrected chi connectivity index (χ0v) is 8.65. The number of ketones is 1. The van der Waals surface area contributed by atoms with Gasteiger partial charge in [0.15, 0.2) is 5.78 Å². The number of hydrogen-bond donors (Lipinski definition) is 0. The van der Waals surface area contributed by atoms with E-state index in [1.807, 2.05) is 30.3 Å². The van der Waals surface area contributed by atoms with Crippen LogP contribution in [-0.2, 0) is 4.79 Å². The van der Waals surface area contributed by atoms with Gasteiger partial charge in [-0.1, -0.05) is 42.8 Å². The summed E-state index contributed by atoms with van der Waals surface area (Å²) in [6.45, 7) is 0. The summed E-state index contributed by atoms with van der Waals surface area (Å²) in [6, 6.07) is 10.1. The molecule has 1 saturated carbocycles. The lowest BCUT2D eigenvalue weighted by Crippen LogP contribution is -2.10. The molecule has 3 rings (SSSR count). The van der Waals surface area contributed by atoms with Crippen LogP contribution in [0.5, 0.6) is 0 Å². The molecule has 0 saturated heterocycles. The van der Waals surface area contributed by atoms with Crippen molar-refractivity contribution in [2.24, 2.45) is 11.8 Å². The smallest absolute Gasteiger partial charge is 0.166 e. The summed E-state index contributed by atoms with van der Waals surface area (Å²) in [5.74, 6) is 1.22. The van der Waals surface area contributed by atoms with Crippen LogP contribution >= 0.6 is 0 Å². The standard InChI is InChI=1S/C14H14O/c15-14-12-8-4-7-11(12)9-13(14)10-5-2-1-3-6-10/h1-3,5-6,9,11-12H,4,7-8H2/t11-,12-/m0/s1. The third-order valence-electron chi connectivity index (χ3n) is 3.64. The van der Waals surface area contributed by atoms with Gasteiger partial charge in [-0.05, 0) is 24.3 Å². The van der Waals surface area contributed by atoms with Gasteiger partial charge in [-0.2, -0.15) is 0 Å². The van der Waals surface area contributed by atoms with Gasteiger partial charge in [-0.25, -0.2) is 0 Å². The molecule has 2 aliphatic carbocycles. The van der Waals surface area contributed by atoms with E-state index in [-0.39, 0.29) is 0 Å². The quantitative estimate of drug-likeness (QED) is 0.677. The average molecular weight is 198 g/mol. The first-order valence-electron chi connectivity index (χ1n) is 5.68. The molecule has 2 atom stereocenters. The Morgan fingerprint density at radius 1 is 1.07 bits per heavy atom. The van der Waals surface area contributed by atoms with E-state index in [0.29, 0.717) is 17.6 Å². The summed E-state index contributed by atoms with van der Waals surface area (Å²) in [6.07, 6.45) is 5.72. The van der Waals surface area contributed by atoms with E-state index in [0.717, 1.165) is 17.6 Å². The highest BCUT2D eigenvalue weighted by atomic mass is 16.1. The number of benzene rings is 1. The van der Waals surface area contributed by atoms with E-state index in [2.05, 4.69) is 6.08 Å². The molecular weight excluding hydrogens is 184 g/mol. The maximum absolute atomic E-state index is 12.1. The molecule has 1 nitrogen and oxygen atoms in total. The Bertz CT molecular complexity index is 416. The van der Waals surface area contributed by atoms with Gasteiger partial charge in [0.1, 0.15) is 0 Å². The molecule has 0 radical (unpaired) electrons. The number of fused-ring (bicyclic) bond motifs is 1. The summed E-state index contributed by atoms with van der Waals surface area (Å²) in [4.78, 5) is 12.1. The molecule has 0 unspecified atom stereocenters. The highest BCUT2D eigenvalue weighted by Gasteiger charge is 2.38. The summed E-state index contributed by atoms with van der Waals surface area (Å²) in [5.41, 5.74) is 2.06. The van der Waals surface area contributed by atoms with E-state index in [4.69, 9.17) is 0 Å². The molecule has 15 heavy (non-hydrogen) atoms. The first-order valence-corrected chi connectivity index (χ1v) is 5.68. The number of carbonyl (C=O) groups excluding carboxylic acids is 1. The minimum absolute atomic E-state index is 0.306. The van der Waals surface area contributed by atoms with Gasteiger partial charge in [0.2, 0.25) is 0 Å². The van der Waals surface area contributed by atoms with E-state index >= 15 is 0 Å². The van der Waals surface area contributed by atoms with Crippen molar-refractivity contribution in [2.45, 2.75) is 19.3 Å². The van der Waals surface area contributed by atoms with Crippen molar-refractivity contribution < 1.29 is 4.79 Å². The Labute approximate surface area is 89.8 Å². The van der Waals surface area contributed by atoms with Crippen LogP contribution in [0.1, 0.15) is 24.8 Å². The van der Waals surface area contributed by atoms with Crippen molar-refractivity contribution in [3.63, 3.8) is 0 Å². The molecule has 0 aromatic heterocycles. The number of rotatable bonds is 1. The molecule has 0 amide bonds. The maximum Gasteiger partial charge on any atom is 0.166 e. The van der Waals surface area contributed by atoms with Crippen LogP contribution in [0.2, 0.25) is 0 Å². The van der Waals surface area contributed by atoms with Crippen molar-refractivity contribution >= 4 is 11.4 Å². The highest BCUT2D eigenvalue weighted by molar-refractivity contribution is 6.24. The van der Waals surface area contributed by atoms with Gasteiger partial charge in [0.05, 0.1) is 0 Å². The van der Waals surface area contributed by atoms with Gasteiger partial charge in [0, 0.05) is 11.5 Å². The van der Waals surface area contributed by atoms with Crippen molar-refractivity contribution in [3.8, 4) is 0 Å². The highest BCUT2D eigenvalue weighted by Crippen LogP contribution is 2.43. The number of allylic oxidation sites excluding steroid dienone is 2. The predicted molar refractivity (Wildman–Crippen MR) is 60.3 cm³/mol. The van der Waals surface area contributed by atoms with E-state index in [1.54, 1.807) is 0 Å².